The third-order valence-electron chi connectivity index (χ3n) is 4.35. The molecule has 4 N–H and O–H groups in total. The molecule has 90 valence electrons. The van der Waals surface area contributed by atoms with Gasteiger partial charge in [0.2, 0.25) is 5.91 Å². The Morgan fingerprint density at radius 3 is 2.38 bits per heavy atom. The monoisotopic (exact) mass is 226 g/mol. The van der Waals surface area contributed by atoms with Crippen molar-refractivity contribution in [2.45, 2.75) is 38.5 Å². The third kappa shape index (κ3) is 1.54. The van der Waals surface area contributed by atoms with E-state index in [1.165, 1.54) is 6.42 Å². The summed E-state index contributed by atoms with van der Waals surface area (Å²) < 4.78 is 0. The van der Waals surface area contributed by atoms with Gasteiger partial charge >= 0.3 is 6.09 Å². The van der Waals surface area contributed by atoms with Crippen molar-refractivity contribution in [2.24, 2.45) is 16.6 Å². The van der Waals surface area contributed by atoms with Gasteiger partial charge in [0, 0.05) is 6.54 Å². The van der Waals surface area contributed by atoms with Gasteiger partial charge in [-0.25, -0.2) is 4.79 Å². The van der Waals surface area contributed by atoms with Crippen molar-refractivity contribution in [1.29, 1.82) is 0 Å². The van der Waals surface area contributed by atoms with Crippen molar-refractivity contribution in [1.82, 2.24) is 5.32 Å². The smallest absolute Gasteiger partial charge is 0.404 e. The molecular formula is C11H18N2O3. The molecule has 2 rings (SSSR count). The lowest BCUT2D eigenvalue weighted by molar-refractivity contribution is -0.124. The molecule has 2 fully saturated rings. The highest BCUT2D eigenvalue weighted by Crippen LogP contribution is 2.70. The summed E-state index contributed by atoms with van der Waals surface area (Å²) in [6.07, 6.45) is 5.16. The number of amides is 2. The number of rotatable bonds is 3. The fraction of sp³-hybridized carbons (Fsp3) is 0.818. The van der Waals surface area contributed by atoms with Crippen LogP contribution in [0.3, 0.4) is 0 Å². The second kappa shape index (κ2) is 3.64. The average molecular weight is 226 g/mol. The van der Waals surface area contributed by atoms with Crippen molar-refractivity contribution in [3.63, 3.8) is 0 Å². The Morgan fingerprint density at radius 2 is 1.88 bits per heavy atom. The molecule has 1 spiro atoms. The zero-order chi connectivity index (χ0) is 11.8. The van der Waals surface area contributed by atoms with Crippen LogP contribution in [-0.2, 0) is 4.79 Å². The fourth-order valence-electron chi connectivity index (χ4n) is 3.33. The van der Waals surface area contributed by atoms with Crippen LogP contribution in [0.1, 0.15) is 38.5 Å². The molecule has 0 aromatic rings. The van der Waals surface area contributed by atoms with Gasteiger partial charge in [-0.05, 0) is 24.7 Å². The van der Waals surface area contributed by atoms with Crippen LogP contribution in [0.2, 0.25) is 0 Å². The Labute approximate surface area is 94.4 Å². The largest absolute Gasteiger partial charge is 0.465 e. The predicted octanol–water partition coefficient (Wildman–Crippen LogP) is 1.08. The van der Waals surface area contributed by atoms with E-state index in [9.17, 15) is 9.59 Å². The first-order chi connectivity index (χ1) is 7.52. The van der Waals surface area contributed by atoms with E-state index in [2.05, 4.69) is 5.32 Å². The second-order valence-corrected chi connectivity index (χ2v) is 5.12. The van der Waals surface area contributed by atoms with Gasteiger partial charge in [0.1, 0.15) is 0 Å². The van der Waals surface area contributed by atoms with E-state index in [4.69, 9.17) is 10.8 Å². The molecule has 2 saturated carbocycles. The molecule has 0 radical (unpaired) electrons. The normalized spacial score (nSPS) is 31.0. The van der Waals surface area contributed by atoms with E-state index in [0.717, 1.165) is 32.1 Å². The lowest BCUT2D eigenvalue weighted by Gasteiger charge is -2.27. The maximum absolute atomic E-state index is 11.6. The highest BCUT2D eigenvalue weighted by molar-refractivity contribution is 5.86. The summed E-state index contributed by atoms with van der Waals surface area (Å²) in [7, 11) is 0. The molecule has 0 bridgehead atoms. The number of hydrogen-bond donors (Lipinski definition) is 3. The maximum atomic E-state index is 11.6. The van der Waals surface area contributed by atoms with Gasteiger partial charge < -0.3 is 16.2 Å². The quantitative estimate of drug-likeness (QED) is 0.672. The lowest BCUT2D eigenvalue weighted by atomic mass is 9.79. The summed E-state index contributed by atoms with van der Waals surface area (Å²) in [4.78, 5) is 22.1. The molecule has 0 saturated heterocycles. The van der Waals surface area contributed by atoms with Gasteiger partial charge in [0.15, 0.2) is 0 Å². The molecule has 5 heteroatoms. The number of carboxylic acid groups (broad SMARTS) is 1. The van der Waals surface area contributed by atoms with Crippen LogP contribution < -0.4 is 11.1 Å². The number of nitrogens with one attached hydrogen (secondary N) is 1. The van der Waals surface area contributed by atoms with Crippen LogP contribution in [0.4, 0.5) is 4.79 Å². The minimum atomic E-state index is -1.08. The summed E-state index contributed by atoms with van der Waals surface area (Å²) in [5, 5.41) is 10.9. The summed E-state index contributed by atoms with van der Waals surface area (Å²) >= 11 is 0. The van der Waals surface area contributed by atoms with Gasteiger partial charge in [-0.1, -0.05) is 19.3 Å². The van der Waals surface area contributed by atoms with Crippen molar-refractivity contribution < 1.29 is 14.7 Å². The van der Waals surface area contributed by atoms with E-state index in [1.54, 1.807) is 0 Å². The zero-order valence-corrected chi connectivity index (χ0v) is 9.29. The van der Waals surface area contributed by atoms with E-state index in [0.29, 0.717) is 0 Å². The van der Waals surface area contributed by atoms with E-state index in [1.807, 2.05) is 0 Å². The van der Waals surface area contributed by atoms with E-state index < -0.39 is 11.5 Å². The molecule has 2 aliphatic carbocycles. The zero-order valence-electron chi connectivity index (χ0n) is 9.29. The van der Waals surface area contributed by atoms with E-state index in [-0.39, 0.29) is 17.9 Å². The molecule has 1 atom stereocenters. The minimum Gasteiger partial charge on any atom is -0.465 e. The van der Waals surface area contributed by atoms with Crippen LogP contribution in [0.25, 0.3) is 0 Å². The molecule has 0 aliphatic heterocycles. The van der Waals surface area contributed by atoms with Gasteiger partial charge in [-0.2, -0.15) is 0 Å². The van der Waals surface area contributed by atoms with Gasteiger partial charge in [0.25, 0.3) is 0 Å². The Hall–Kier alpha value is -1.26. The third-order valence-corrected chi connectivity index (χ3v) is 4.35. The molecular weight excluding hydrogens is 208 g/mol. The number of nitrogens with two attached hydrogens (primary N) is 1. The molecule has 0 aromatic heterocycles. The highest BCUT2D eigenvalue weighted by atomic mass is 16.4. The molecule has 0 aromatic carbocycles. The lowest BCUT2D eigenvalue weighted by Crippen LogP contribution is -2.41. The Kier molecular flexibility index (Phi) is 2.56. The van der Waals surface area contributed by atoms with Crippen LogP contribution in [0.5, 0.6) is 0 Å². The number of primary amides is 1. The van der Waals surface area contributed by atoms with Crippen molar-refractivity contribution >= 4 is 12.0 Å². The minimum absolute atomic E-state index is 0.000463. The summed E-state index contributed by atoms with van der Waals surface area (Å²) in [6, 6.07) is 0. The number of carbonyl (C=O) groups is 2. The van der Waals surface area contributed by atoms with Gasteiger partial charge in [0.05, 0.1) is 5.41 Å². The molecule has 1 unspecified atom stereocenters. The summed E-state index contributed by atoms with van der Waals surface area (Å²) in [5.74, 6) is -0.344. The van der Waals surface area contributed by atoms with Crippen molar-refractivity contribution in [3.8, 4) is 0 Å². The number of carbonyl (C=O) groups excluding carboxylic acids is 1. The Balaban J connectivity index is 2.08. The Morgan fingerprint density at radius 1 is 1.25 bits per heavy atom. The fourth-order valence-corrected chi connectivity index (χ4v) is 3.33. The predicted molar refractivity (Wildman–Crippen MR) is 57.8 cm³/mol. The first-order valence-electron chi connectivity index (χ1n) is 5.79. The van der Waals surface area contributed by atoms with Crippen LogP contribution in [0.15, 0.2) is 0 Å². The van der Waals surface area contributed by atoms with Crippen molar-refractivity contribution in [3.05, 3.63) is 0 Å². The van der Waals surface area contributed by atoms with E-state index >= 15 is 0 Å². The van der Waals surface area contributed by atoms with Crippen LogP contribution >= 0.6 is 0 Å². The molecule has 2 amide bonds. The standard InChI is InChI=1S/C11H18N2O3/c12-8(14)11(7-13-9(15)16)6-10(11)4-2-1-3-5-10/h13H,1-7H2,(H2,12,14)(H,15,16). The molecule has 16 heavy (non-hydrogen) atoms. The van der Waals surface area contributed by atoms with Gasteiger partial charge in [-0.15, -0.1) is 0 Å². The van der Waals surface area contributed by atoms with Gasteiger partial charge in [-0.3, -0.25) is 4.79 Å². The van der Waals surface area contributed by atoms with Crippen LogP contribution in [0, 0.1) is 10.8 Å². The summed E-state index contributed by atoms with van der Waals surface area (Å²) in [6.45, 7) is 0.178. The maximum Gasteiger partial charge on any atom is 0.404 e. The second-order valence-electron chi connectivity index (χ2n) is 5.12. The number of hydrogen-bond acceptors (Lipinski definition) is 2. The molecule has 2 aliphatic rings. The topological polar surface area (TPSA) is 92.4 Å². The average Bonchev–Trinajstić information content (AvgIpc) is 2.85. The van der Waals surface area contributed by atoms with Crippen molar-refractivity contribution in [2.75, 3.05) is 6.54 Å². The Bertz CT molecular complexity index is 323. The first-order valence-corrected chi connectivity index (χ1v) is 5.79. The first kappa shape index (κ1) is 11.2. The summed E-state index contributed by atoms with van der Waals surface area (Å²) in [5.41, 5.74) is 4.85. The molecule has 0 heterocycles. The molecule has 5 nitrogen and oxygen atoms in total. The van der Waals surface area contributed by atoms with Crippen LogP contribution in [-0.4, -0.2) is 23.7 Å². The highest BCUT2D eigenvalue weighted by Gasteiger charge is 2.70. The SMILES string of the molecule is NC(=O)C1(CNC(=O)O)CC12CCCCC2.